The first-order chi connectivity index (χ1) is 16.6. The number of aryl methyl sites for hydroxylation is 1. The van der Waals surface area contributed by atoms with Gasteiger partial charge < -0.3 is 24.9 Å². The number of rotatable bonds is 8. The zero-order chi connectivity index (χ0) is 24.1. The van der Waals surface area contributed by atoms with Crippen molar-refractivity contribution in [3.63, 3.8) is 0 Å². The second kappa shape index (κ2) is 10.6. The minimum absolute atomic E-state index is 0.233. The second-order valence-electron chi connectivity index (χ2n) is 8.61. The summed E-state index contributed by atoms with van der Waals surface area (Å²) in [5.74, 6) is -0.233. The average Bonchev–Trinajstić information content (AvgIpc) is 3.41. The number of nitrogens with one attached hydrogen (secondary N) is 2. The first kappa shape index (κ1) is 23.6. The van der Waals surface area contributed by atoms with Gasteiger partial charge in [0.1, 0.15) is 13.2 Å². The molecule has 2 aromatic carbocycles. The van der Waals surface area contributed by atoms with Crippen LogP contribution in [0.1, 0.15) is 39.5 Å². The Labute approximate surface area is 199 Å². The van der Waals surface area contributed by atoms with Gasteiger partial charge in [0.25, 0.3) is 0 Å². The Morgan fingerprint density at radius 2 is 1.88 bits per heavy atom. The number of carbonyl (C=O) groups is 2. The fraction of sp³-hybridized carbons (Fsp3) is 0.423. The molecular weight excluding hydrogens is 430 g/mol. The van der Waals surface area contributed by atoms with Gasteiger partial charge in [-0.1, -0.05) is 43.1 Å². The van der Waals surface area contributed by atoms with E-state index >= 15 is 0 Å². The maximum atomic E-state index is 13.3. The summed E-state index contributed by atoms with van der Waals surface area (Å²) in [6.07, 6.45) is 3.39. The molecule has 1 aliphatic rings. The SMILES string of the molecule is CCCCCNC(=O)N1CC(=NOC)C[C@H]1C(=O)Nc1ccc2c(c1)c1ccccc1n2CC. The van der Waals surface area contributed by atoms with Crippen LogP contribution < -0.4 is 10.6 Å². The van der Waals surface area contributed by atoms with Crippen LogP contribution in [0.4, 0.5) is 10.5 Å². The van der Waals surface area contributed by atoms with Crippen LogP contribution in [0, 0.1) is 0 Å². The molecule has 3 aromatic rings. The molecule has 0 aliphatic carbocycles. The first-order valence-electron chi connectivity index (χ1n) is 12.0. The maximum Gasteiger partial charge on any atom is 0.318 e. The number of amides is 3. The lowest BCUT2D eigenvalue weighted by Gasteiger charge is -2.23. The highest BCUT2D eigenvalue weighted by molar-refractivity contribution is 6.10. The van der Waals surface area contributed by atoms with E-state index in [0.29, 0.717) is 24.4 Å². The molecule has 0 spiro atoms. The Kier molecular flexibility index (Phi) is 7.35. The molecular formula is C26H33N5O3. The molecule has 1 aliphatic heterocycles. The Bertz CT molecular complexity index is 1220. The van der Waals surface area contributed by atoms with Crippen molar-refractivity contribution >= 4 is 45.1 Å². The van der Waals surface area contributed by atoms with Crippen LogP contribution in [0.25, 0.3) is 21.8 Å². The molecule has 8 heteroatoms. The number of likely N-dealkylation sites (tertiary alicyclic amines) is 1. The van der Waals surface area contributed by atoms with Crippen LogP contribution in [0.5, 0.6) is 0 Å². The molecule has 3 amide bonds. The van der Waals surface area contributed by atoms with Gasteiger partial charge in [-0.2, -0.15) is 0 Å². The highest BCUT2D eigenvalue weighted by Crippen LogP contribution is 2.31. The third-order valence-electron chi connectivity index (χ3n) is 6.35. The number of urea groups is 1. The van der Waals surface area contributed by atoms with E-state index in [4.69, 9.17) is 4.84 Å². The third kappa shape index (κ3) is 4.71. The molecule has 8 nitrogen and oxygen atoms in total. The van der Waals surface area contributed by atoms with E-state index in [1.165, 1.54) is 12.6 Å². The Morgan fingerprint density at radius 1 is 1.09 bits per heavy atom. The molecule has 4 rings (SSSR count). The van der Waals surface area contributed by atoms with E-state index in [0.717, 1.165) is 42.1 Å². The number of nitrogens with zero attached hydrogens (tertiary/aromatic N) is 3. The largest absolute Gasteiger partial charge is 0.399 e. The van der Waals surface area contributed by atoms with Gasteiger partial charge in [0.05, 0.1) is 12.3 Å². The van der Waals surface area contributed by atoms with Gasteiger partial charge in [0, 0.05) is 47.0 Å². The number of aromatic nitrogens is 1. The van der Waals surface area contributed by atoms with Crippen LogP contribution in [-0.2, 0) is 16.2 Å². The Hall–Kier alpha value is -3.55. The van der Waals surface area contributed by atoms with Gasteiger partial charge in [-0.3, -0.25) is 4.79 Å². The number of benzene rings is 2. The zero-order valence-corrected chi connectivity index (χ0v) is 20.1. The number of anilines is 1. The average molecular weight is 464 g/mol. The molecule has 0 unspecified atom stereocenters. The van der Waals surface area contributed by atoms with Crippen molar-refractivity contribution < 1.29 is 14.4 Å². The lowest BCUT2D eigenvalue weighted by Crippen LogP contribution is -2.48. The summed E-state index contributed by atoms with van der Waals surface area (Å²) in [6, 6.07) is 13.4. The highest BCUT2D eigenvalue weighted by Gasteiger charge is 2.38. The smallest absolute Gasteiger partial charge is 0.318 e. The molecule has 0 bridgehead atoms. The third-order valence-corrected chi connectivity index (χ3v) is 6.35. The topological polar surface area (TPSA) is 88.0 Å². The molecule has 0 radical (unpaired) electrons. The summed E-state index contributed by atoms with van der Waals surface area (Å²) in [4.78, 5) is 32.6. The van der Waals surface area contributed by atoms with Crippen molar-refractivity contribution in [2.75, 3.05) is 25.5 Å². The summed E-state index contributed by atoms with van der Waals surface area (Å²) >= 11 is 0. The van der Waals surface area contributed by atoms with Crippen molar-refractivity contribution in [3.8, 4) is 0 Å². The highest BCUT2D eigenvalue weighted by atomic mass is 16.6. The molecule has 2 heterocycles. The molecule has 1 atom stereocenters. The quantitative estimate of drug-likeness (QED) is 0.374. The number of oxime groups is 1. The molecule has 1 aromatic heterocycles. The number of unbranched alkanes of at least 4 members (excludes halogenated alkanes) is 2. The molecule has 34 heavy (non-hydrogen) atoms. The van der Waals surface area contributed by atoms with E-state index in [2.05, 4.69) is 46.3 Å². The van der Waals surface area contributed by atoms with E-state index in [1.807, 2.05) is 30.3 Å². The van der Waals surface area contributed by atoms with E-state index in [1.54, 1.807) is 4.90 Å². The van der Waals surface area contributed by atoms with E-state index < -0.39 is 6.04 Å². The number of carbonyl (C=O) groups excluding carboxylic acids is 2. The Balaban J connectivity index is 1.55. The fourth-order valence-corrected chi connectivity index (χ4v) is 4.72. The molecule has 0 saturated carbocycles. The zero-order valence-electron chi connectivity index (χ0n) is 20.1. The Morgan fingerprint density at radius 3 is 2.65 bits per heavy atom. The van der Waals surface area contributed by atoms with Crippen LogP contribution >= 0.6 is 0 Å². The number of hydrogen-bond acceptors (Lipinski definition) is 4. The second-order valence-corrected chi connectivity index (χ2v) is 8.61. The number of para-hydroxylation sites is 1. The molecule has 1 fully saturated rings. The van der Waals surface area contributed by atoms with Gasteiger partial charge >= 0.3 is 6.03 Å². The van der Waals surface area contributed by atoms with Crippen molar-refractivity contribution in [2.24, 2.45) is 5.16 Å². The van der Waals surface area contributed by atoms with Crippen LogP contribution in [0.15, 0.2) is 47.6 Å². The molecule has 180 valence electrons. The van der Waals surface area contributed by atoms with Gasteiger partial charge in [-0.05, 0) is 37.6 Å². The molecule has 2 N–H and O–H groups in total. The predicted octanol–water partition coefficient (Wildman–Crippen LogP) is 4.73. The fourth-order valence-electron chi connectivity index (χ4n) is 4.72. The standard InChI is InChI=1S/C26H33N5O3/c1-4-6-9-14-27-26(33)31-17-19(29-34-3)16-24(31)25(32)28-18-12-13-23-21(15-18)20-10-7-8-11-22(20)30(23)5-2/h7-8,10-13,15,24H,4-6,9,14,16-17H2,1-3H3,(H,27,33)(H,28,32)/t24-/m0/s1. The van der Waals surface area contributed by atoms with Gasteiger partial charge in [0.15, 0.2) is 0 Å². The van der Waals surface area contributed by atoms with Gasteiger partial charge in [0.2, 0.25) is 5.91 Å². The van der Waals surface area contributed by atoms with Crippen molar-refractivity contribution in [2.45, 2.75) is 52.1 Å². The number of hydrogen-bond donors (Lipinski definition) is 2. The van der Waals surface area contributed by atoms with Crippen molar-refractivity contribution in [1.29, 1.82) is 0 Å². The van der Waals surface area contributed by atoms with Crippen molar-refractivity contribution in [3.05, 3.63) is 42.5 Å². The molecule has 1 saturated heterocycles. The lowest BCUT2D eigenvalue weighted by molar-refractivity contribution is -0.119. The van der Waals surface area contributed by atoms with Crippen LogP contribution in [0.3, 0.4) is 0 Å². The minimum Gasteiger partial charge on any atom is -0.399 e. The summed E-state index contributed by atoms with van der Waals surface area (Å²) < 4.78 is 2.27. The van der Waals surface area contributed by atoms with Crippen LogP contribution in [0.2, 0.25) is 0 Å². The summed E-state index contributed by atoms with van der Waals surface area (Å²) in [6.45, 7) is 5.97. The van der Waals surface area contributed by atoms with E-state index in [-0.39, 0.29) is 18.5 Å². The van der Waals surface area contributed by atoms with Gasteiger partial charge in [-0.15, -0.1) is 0 Å². The van der Waals surface area contributed by atoms with Gasteiger partial charge in [-0.25, -0.2) is 4.79 Å². The maximum absolute atomic E-state index is 13.3. The predicted molar refractivity (Wildman–Crippen MR) is 136 cm³/mol. The summed E-state index contributed by atoms with van der Waals surface area (Å²) in [5.41, 5.74) is 3.68. The number of fused-ring (bicyclic) bond motifs is 3. The van der Waals surface area contributed by atoms with Crippen molar-refractivity contribution in [1.82, 2.24) is 14.8 Å². The normalized spacial score (nSPS) is 17.0. The lowest BCUT2D eigenvalue weighted by atomic mass is 10.1. The van der Waals surface area contributed by atoms with E-state index in [9.17, 15) is 9.59 Å². The monoisotopic (exact) mass is 463 g/mol. The first-order valence-corrected chi connectivity index (χ1v) is 12.0. The van der Waals surface area contributed by atoms with Crippen LogP contribution in [-0.4, -0.2) is 53.4 Å². The summed E-state index contributed by atoms with van der Waals surface area (Å²) in [5, 5.41) is 12.2. The summed E-state index contributed by atoms with van der Waals surface area (Å²) in [7, 11) is 1.47. The minimum atomic E-state index is -0.646.